The van der Waals surface area contributed by atoms with Crippen LogP contribution in [-0.4, -0.2) is 13.0 Å². The lowest BCUT2D eigenvalue weighted by molar-refractivity contribution is 0.482. The molecule has 0 saturated heterocycles. The van der Waals surface area contributed by atoms with E-state index in [1.165, 1.54) is 6.07 Å². The summed E-state index contributed by atoms with van der Waals surface area (Å²) in [5.41, 5.74) is 1.37. The quantitative estimate of drug-likeness (QED) is 0.761. The second-order valence-electron chi connectivity index (χ2n) is 2.74. The molecule has 0 atom stereocenters. The third kappa shape index (κ3) is 9.19. The first-order valence-electron chi connectivity index (χ1n) is 6.46. The van der Waals surface area contributed by atoms with E-state index in [2.05, 4.69) is 0 Å². The first-order valence-corrected chi connectivity index (χ1v) is 7.90. The van der Waals surface area contributed by atoms with Crippen LogP contribution in [-0.2, 0) is 10.1 Å². The Kier molecular flexibility index (Phi) is 15.6. The molecule has 0 aliphatic heterocycles. The van der Waals surface area contributed by atoms with Crippen LogP contribution in [0.25, 0.3) is 0 Å². The van der Waals surface area contributed by atoms with Crippen molar-refractivity contribution in [2.45, 2.75) is 60.3 Å². The molecule has 0 amide bonds. The van der Waals surface area contributed by atoms with Crippen molar-refractivity contribution in [1.82, 2.24) is 0 Å². The number of aryl methyl sites for hydroxylation is 2. The van der Waals surface area contributed by atoms with E-state index in [9.17, 15) is 8.42 Å². The van der Waals surface area contributed by atoms with Gasteiger partial charge in [0.25, 0.3) is 10.1 Å². The van der Waals surface area contributed by atoms with Gasteiger partial charge in [0.2, 0.25) is 0 Å². The Labute approximate surface area is 113 Å². The monoisotopic (exact) mass is 276 g/mol. The Bertz CT molecular complexity index is 396. The molecule has 0 radical (unpaired) electrons. The molecule has 0 aliphatic rings. The van der Waals surface area contributed by atoms with Crippen molar-refractivity contribution in [3.05, 3.63) is 29.3 Å². The molecule has 108 valence electrons. The summed E-state index contributed by atoms with van der Waals surface area (Å²) in [6.45, 7) is 15.4. The average molecular weight is 276 g/mol. The van der Waals surface area contributed by atoms with Gasteiger partial charge in [-0.3, -0.25) is 4.55 Å². The molecule has 4 heteroatoms. The smallest absolute Gasteiger partial charge is 0.282 e. The molecule has 1 aromatic carbocycles. The predicted octanol–water partition coefficient (Wildman–Crippen LogP) is 4.63. The second-order valence-corrected chi connectivity index (χ2v) is 4.13. The van der Waals surface area contributed by atoms with Crippen molar-refractivity contribution in [2.24, 2.45) is 0 Å². The summed E-state index contributed by atoms with van der Waals surface area (Å²) < 4.78 is 30.3. The van der Waals surface area contributed by atoms with Crippen molar-refractivity contribution in [1.29, 1.82) is 0 Å². The van der Waals surface area contributed by atoms with Crippen LogP contribution in [0, 0.1) is 13.8 Å². The van der Waals surface area contributed by atoms with Gasteiger partial charge in [-0.05, 0) is 31.0 Å². The predicted molar refractivity (Wildman–Crippen MR) is 79.8 cm³/mol. The fourth-order valence-electron chi connectivity index (χ4n) is 0.985. The van der Waals surface area contributed by atoms with E-state index in [0.29, 0.717) is 5.56 Å². The Morgan fingerprint density at radius 3 is 1.56 bits per heavy atom. The zero-order valence-electron chi connectivity index (χ0n) is 12.9. The van der Waals surface area contributed by atoms with Gasteiger partial charge in [0.05, 0.1) is 4.90 Å². The van der Waals surface area contributed by atoms with Gasteiger partial charge >= 0.3 is 0 Å². The van der Waals surface area contributed by atoms with Gasteiger partial charge < -0.3 is 0 Å². The first kappa shape index (κ1) is 22.3. The van der Waals surface area contributed by atoms with Crippen molar-refractivity contribution >= 4 is 10.1 Å². The summed E-state index contributed by atoms with van der Waals surface area (Å²) in [7, 11) is -4.06. The third-order valence-electron chi connectivity index (χ3n) is 1.62. The molecule has 1 rings (SSSR count). The van der Waals surface area contributed by atoms with Crippen LogP contribution in [0.2, 0.25) is 0 Å². The van der Waals surface area contributed by atoms with Crippen LogP contribution in [0.5, 0.6) is 0 Å². The summed E-state index contributed by atoms with van der Waals surface area (Å²) in [6, 6.07) is 4.91. The fourth-order valence-corrected chi connectivity index (χ4v) is 1.79. The van der Waals surface area contributed by atoms with Crippen LogP contribution in [0.1, 0.15) is 52.7 Å². The highest BCUT2D eigenvalue weighted by atomic mass is 32.2. The van der Waals surface area contributed by atoms with Crippen molar-refractivity contribution in [3.8, 4) is 0 Å². The Balaban J connectivity index is -0.000000328. The van der Waals surface area contributed by atoms with Crippen molar-refractivity contribution < 1.29 is 13.0 Å². The van der Waals surface area contributed by atoms with Gasteiger partial charge in [-0.25, -0.2) is 0 Å². The molecule has 0 aliphatic carbocycles. The molecule has 0 fully saturated rings. The van der Waals surface area contributed by atoms with Gasteiger partial charge in [0.15, 0.2) is 0 Å². The molecule has 3 nitrogen and oxygen atoms in total. The lowest BCUT2D eigenvalue weighted by atomic mass is 10.2. The van der Waals surface area contributed by atoms with Crippen LogP contribution >= 0.6 is 0 Å². The number of hydrogen-bond donors (Lipinski definition) is 1. The minimum atomic E-state index is -4.06. The van der Waals surface area contributed by atoms with E-state index in [0.717, 1.165) is 5.56 Å². The maximum atomic E-state index is 10.8. The summed E-state index contributed by atoms with van der Waals surface area (Å²) in [4.78, 5) is -0.0116. The van der Waals surface area contributed by atoms with E-state index >= 15 is 0 Å². The standard InChI is InChI=1S/C8H10O3S.3C2H6/c1-6-3-4-7(2)8(5-6)12(9,10)11;3*1-2/h3-5H,1-2H3,(H,9,10,11);3*1-2H3. The number of rotatable bonds is 1. The number of hydrogen-bond acceptors (Lipinski definition) is 2. The van der Waals surface area contributed by atoms with Gasteiger partial charge in [0.1, 0.15) is 0 Å². The molecule has 0 bridgehead atoms. The molecule has 0 unspecified atom stereocenters. The van der Waals surface area contributed by atoms with E-state index in [1.54, 1.807) is 26.0 Å². The summed E-state index contributed by atoms with van der Waals surface area (Å²) in [5.74, 6) is 0. The molecule has 0 aromatic heterocycles. The van der Waals surface area contributed by atoms with Crippen LogP contribution in [0.3, 0.4) is 0 Å². The topological polar surface area (TPSA) is 54.4 Å². The zero-order chi connectivity index (χ0) is 15.4. The van der Waals surface area contributed by atoms with E-state index in [-0.39, 0.29) is 4.90 Å². The van der Waals surface area contributed by atoms with Crippen molar-refractivity contribution in [2.75, 3.05) is 0 Å². The van der Waals surface area contributed by atoms with E-state index in [1.807, 2.05) is 41.5 Å². The number of benzene rings is 1. The highest BCUT2D eigenvalue weighted by molar-refractivity contribution is 7.85. The lowest BCUT2D eigenvalue weighted by Gasteiger charge is -2.02. The maximum Gasteiger partial charge on any atom is 0.294 e. The summed E-state index contributed by atoms with van der Waals surface area (Å²) >= 11 is 0. The maximum absolute atomic E-state index is 10.8. The van der Waals surface area contributed by atoms with Crippen LogP contribution in [0.15, 0.2) is 23.1 Å². The molecule has 1 N–H and O–H groups in total. The molecular weight excluding hydrogens is 248 g/mol. The molecule has 18 heavy (non-hydrogen) atoms. The SMILES string of the molecule is CC.CC.CC.Cc1ccc(C)c(S(=O)(=O)O)c1. The normalized spacial score (nSPS) is 8.72. The Morgan fingerprint density at radius 2 is 1.28 bits per heavy atom. The summed E-state index contributed by atoms with van der Waals surface area (Å²) in [5, 5.41) is 0. The van der Waals surface area contributed by atoms with Crippen LogP contribution < -0.4 is 0 Å². The molecule has 0 saturated carbocycles. The minimum Gasteiger partial charge on any atom is -0.282 e. The van der Waals surface area contributed by atoms with Gasteiger partial charge in [0, 0.05) is 0 Å². The van der Waals surface area contributed by atoms with E-state index < -0.39 is 10.1 Å². The minimum absolute atomic E-state index is 0.0116. The largest absolute Gasteiger partial charge is 0.294 e. The Morgan fingerprint density at radius 1 is 0.889 bits per heavy atom. The molecular formula is C14H28O3S. The van der Waals surface area contributed by atoms with Crippen LogP contribution in [0.4, 0.5) is 0 Å². The van der Waals surface area contributed by atoms with Gasteiger partial charge in [-0.1, -0.05) is 53.7 Å². The molecule has 1 aromatic rings. The molecule has 0 spiro atoms. The Hall–Kier alpha value is -0.870. The lowest BCUT2D eigenvalue weighted by Crippen LogP contribution is -2.00. The third-order valence-corrected chi connectivity index (χ3v) is 2.62. The van der Waals surface area contributed by atoms with Crippen molar-refractivity contribution in [3.63, 3.8) is 0 Å². The van der Waals surface area contributed by atoms with Gasteiger partial charge in [-0.15, -0.1) is 0 Å². The fraction of sp³-hybridized carbons (Fsp3) is 0.571. The highest BCUT2D eigenvalue weighted by Gasteiger charge is 2.11. The second kappa shape index (κ2) is 12.6. The summed E-state index contributed by atoms with van der Waals surface area (Å²) in [6.07, 6.45) is 0. The average Bonchev–Trinajstić information content (AvgIpc) is 2.38. The van der Waals surface area contributed by atoms with E-state index in [4.69, 9.17) is 4.55 Å². The zero-order valence-corrected chi connectivity index (χ0v) is 13.7. The first-order chi connectivity index (χ1) is 8.41. The molecule has 0 heterocycles. The van der Waals surface area contributed by atoms with Gasteiger partial charge in [-0.2, -0.15) is 8.42 Å². The highest BCUT2D eigenvalue weighted by Crippen LogP contribution is 2.15.